The highest BCUT2D eigenvalue weighted by atomic mass is 16.6. The molecule has 5 heteroatoms. The summed E-state index contributed by atoms with van der Waals surface area (Å²) in [6.45, 7) is 7.35. The molecule has 5 nitrogen and oxygen atoms in total. The molecule has 0 spiro atoms. The first kappa shape index (κ1) is 19.3. The predicted octanol–water partition coefficient (Wildman–Crippen LogP) is 5.53. The van der Waals surface area contributed by atoms with E-state index in [4.69, 9.17) is 9.47 Å². The fourth-order valence-corrected chi connectivity index (χ4v) is 3.27. The molecule has 0 atom stereocenters. The molecular formula is C20H29NO4. The number of hydrogen-bond acceptors (Lipinski definition) is 4. The Morgan fingerprint density at radius 1 is 1.04 bits per heavy atom. The molecule has 0 bridgehead atoms. The molecule has 0 heterocycles. The SMILES string of the molecule is CC(C)OC(=O)N(C(=O)OC(C)(C)C1CCCCC1)c1ccccc1. The maximum absolute atomic E-state index is 12.8. The lowest BCUT2D eigenvalue weighted by Gasteiger charge is -2.37. The van der Waals surface area contributed by atoms with Crippen molar-refractivity contribution in [3.63, 3.8) is 0 Å². The van der Waals surface area contributed by atoms with E-state index in [9.17, 15) is 9.59 Å². The first-order chi connectivity index (χ1) is 11.8. The molecule has 2 rings (SSSR count). The maximum Gasteiger partial charge on any atom is 0.424 e. The Kier molecular flexibility index (Phi) is 6.45. The van der Waals surface area contributed by atoms with Crippen molar-refractivity contribution in [1.29, 1.82) is 0 Å². The van der Waals surface area contributed by atoms with Crippen LogP contribution in [0.15, 0.2) is 30.3 Å². The number of carbonyl (C=O) groups excluding carboxylic acids is 2. The third kappa shape index (κ3) is 5.21. The molecule has 0 aromatic heterocycles. The van der Waals surface area contributed by atoms with Gasteiger partial charge < -0.3 is 9.47 Å². The number of para-hydroxylation sites is 1. The van der Waals surface area contributed by atoms with Crippen molar-refractivity contribution in [2.75, 3.05) is 4.90 Å². The van der Waals surface area contributed by atoms with E-state index in [0.29, 0.717) is 11.6 Å². The van der Waals surface area contributed by atoms with Crippen LogP contribution in [0.25, 0.3) is 0 Å². The Bertz CT molecular complexity index is 577. The number of imide groups is 1. The summed E-state index contributed by atoms with van der Waals surface area (Å²) in [6.07, 6.45) is 3.91. The lowest BCUT2D eigenvalue weighted by Crippen LogP contribution is -2.45. The Balaban J connectivity index is 2.18. The molecule has 138 valence electrons. The molecule has 1 aromatic carbocycles. The highest BCUT2D eigenvalue weighted by Gasteiger charge is 2.37. The van der Waals surface area contributed by atoms with E-state index in [1.54, 1.807) is 38.1 Å². The largest absolute Gasteiger partial charge is 0.446 e. The molecule has 0 radical (unpaired) electrons. The second kappa shape index (κ2) is 8.37. The van der Waals surface area contributed by atoms with Crippen LogP contribution in [0, 0.1) is 5.92 Å². The molecule has 0 N–H and O–H groups in total. The minimum Gasteiger partial charge on any atom is -0.446 e. The number of rotatable bonds is 4. The van der Waals surface area contributed by atoms with Gasteiger partial charge in [0.15, 0.2) is 0 Å². The van der Waals surface area contributed by atoms with Gasteiger partial charge in [0, 0.05) is 0 Å². The number of hydrogen-bond donors (Lipinski definition) is 0. The number of ether oxygens (including phenoxy) is 2. The van der Waals surface area contributed by atoms with Crippen molar-refractivity contribution in [2.45, 2.75) is 71.5 Å². The summed E-state index contributed by atoms with van der Waals surface area (Å²) >= 11 is 0. The second-order valence-corrected chi connectivity index (χ2v) is 7.41. The third-order valence-electron chi connectivity index (χ3n) is 4.65. The van der Waals surface area contributed by atoms with E-state index >= 15 is 0 Å². The molecule has 1 aliphatic carbocycles. The second-order valence-electron chi connectivity index (χ2n) is 7.41. The van der Waals surface area contributed by atoms with Crippen LogP contribution in [-0.2, 0) is 9.47 Å². The van der Waals surface area contributed by atoms with Crippen molar-refractivity contribution >= 4 is 17.9 Å². The zero-order valence-electron chi connectivity index (χ0n) is 15.7. The molecule has 0 unspecified atom stereocenters. The van der Waals surface area contributed by atoms with Gasteiger partial charge in [0.1, 0.15) is 5.60 Å². The molecule has 0 saturated heterocycles. The molecule has 2 amide bonds. The van der Waals surface area contributed by atoms with Gasteiger partial charge in [0.2, 0.25) is 0 Å². The minimum atomic E-state index is -0.717. The Morgan fingerprint density at radius 2 is 1.64 bits per heavy atom. The van der Waals surface area contributed by atoms with Crippen LogP contribution in [0.5, 0.6) is 0 Å². The fourth-order valence-electron chi connectivity index (χ4n) is 3.27. The Hall–Kier alpha value is -2.04. The van der Waals surface area contributed by atoms with Gasteiger partial charge in [-0.25, -0.2) is 9.59 Å². The Morgan fingerprint density at radius 3 is 2.20 bits per heavy atom. The summed E-state index contributed by atoms with van der Waals surface area (Å²) in [4.78, 5) is 26.3. The zero-order chi connectivity index (χ0) is 18.4. The molecule has 1 aromatic rings. The molecule has 0 aliphatic heterocycles. The fraction of sp³-hybridized carbons (Fsp3) is 0.600. The number of anilines is 1. The number of nitrogens with zero attached hydrogens (tertiary/aromatic N) is 1. The van der Waals surface area contributed by atoms with Crippen LogP contribution < -0.4 is 4.90 Å². The van der Waals surface area contributed by atoms with Gasteiger partial charge in [-0.3, -0.25) is 0 Å². The summed E-state index contributed by atoms with van der Waals surface area (Å²) in [6, 6.07) is 8.74. The van der Waals surface area contributed by atoms with Crippen LogP contribution in [-0.4, -0.2) is 23.9 Å². The summed E-state index contributed by atoms with van der Waals surface area (Å²) in [7, 11) is 0. The average Bonchev–Trinajstić information content (AvgIpc) is 2.55. The van der Waals surface area contributed by atoms with Gasteiger partial charge in [0.05, 0.1) is 11.8 Å². The van der Waals surface area contributed by atoms with Crippen LogP contribution in [0.3, 0.4) is 0 Å². The molecule has 1 saturated carbocycles. The monoisotopic (exact) mass is 347 g/mol. The lowest BCUT2D eigenvalue weighted by atomic mass is 9.79. The van der Waals surface area contributed by atoms with E-state index in [-0.39, 0.29) is 6.10 Å². The predicted molar refractivity (Wildman–Crippen MR) is 97.7 cm³/mol. The van der Waals surface area contributed by atoms with E-state index in [1.165, 1.54) is 6.42 Å². The molecule has 25 heavy (non-hydrogen) atoms. The van der Waals surface area contributed by atoms with Crippen molar-refractivity contribution in [1.82, 2.24) is 0 Å². The smallest absolute Gasteiger partial charge is 0.424 e. The third-order valence-corrected chi connectivity index (χ3v) is 4.65. The van der Waals surface area contributed by atoms with E-state index < -0.39 is 17.8 Å². The molecular weight excluding hydrogens is 318 g/mol. The quantitative estimate of drug-likeness (QED) is 0.718. The van der Waals surface area contributed by atoms with Gasteiger partial charge in [-0.15, -0.1) is 0 Å². The van der Waals surface area contributed by atoms with Gasteiger partial charge >= 0.3 is 12.2 Å². The highest BCUT2D eigenvalue weighted by Crippen LogP contribution is 2.35. The van der Waals surface area contributed by atoms with Crippen molar-refractivity contribution < 1.29 is 19.1 Å². The molecule has 1 fully saturated rings. The van der Waals surface area contributed by atoms with E-state index in [2.05, 4.69) is 0 Å². The van der Waals surface area contributed by atoms with Crippen molar-refractivity contribution in [3.8, 4) is 0 Å². The first-order valence-corrected chi connectivity index (χ1v) is 9.10. The topological polar surface area (TPSA) is 55.8 Å². The molecule has 1 aliphatic rings. The lowest BCUT2D eigenvalue weighted by molar-refractivity contribution is -0.0152. The van der Waals surface area contributed by atoms with Gasteiger partial charge in [-0.05, 0) is 58.6 Å². The standard InChI is InChI=1S/C20H29NO4/c1-15(2)24-18(22)21(17-13-9-6-10-14-17)19(23)25-20(3,4)16-11-7-5-8-12-16/h6,9-10,13-16H,5,7-8,11-12H2,1-4H3. The minimum absolute atomic E-state index is 0.309. The van der Waals surface area contributed by atoms with Crippen molar-refractivity contribution in [2.24, 2.45) is 5.92 Å². The zero-order valence-corrected chi connectivity index (χ0v) is 15.7. The van der Waals surface area contributed by atoms with Crippen molar-refractivity contribution in [3.05, 3.63) is 30.3 Å². The summed E-state index contributed by atoms with van der Waals surface area (Å²) in [5.74, 6) is 0.309. The summed E-state index contributed by atoms with van der Waals surface area (Å²) in [5.41, 5.74) is -0.180. The van der Waals surface area contributed by atoms with Gasteiger partial charge in [0.25, 0.3) is 0 Å². The van der Waals surface area contributed by atoms with Crippen LogP contribution >= 0.6 is 0 Å². The number of carbonyl (C=O) groups is 2. The van der Waals surface area contributed by atoms with Crippen LogP contribution in [0.1, 0.15) is 59.8 Å². The van der Waals surface area contributed by atoms with Gasteiger partial charge in [-0.1, -0.05) is 37.5 Å². The Labute approximate surface area is 150 Å². The van der Waals surface area contributed by atoms with E-state index in [0.717, 1.165) is 30.6 Å². The van der Waals surface area contributed by atoms with Crippen LogP contribution in [0.2, 0.25) is 0 Å². The number of benzene rings is 1. The van der Waals surface area contributed by atoms with Crippen LogP contribution in [0.4, 0.5) is 15.3 Å². The highest BCUT2D eigenvalue weighted by molar-refractivity contribution is 6.09. The first-order valence-electron chi connectivity index (χ1n) is 9.10. The average molecular weight is 347 g/mol. The van der Waals surface area contributed by atoms with E-state index in [1.807, 2.05) is 19.9 Å². The summed E-state index contributed by atoms with van der Waals surface area (Å²) < 4.78 is 11.0. The number of amides is 2. The van der Waals surface area contributed by atoms with Gasteiger partial charge in [-0.2, -0.15) is 4.90 Å². The summed E-state index contributed by atoms with van der Waals surface area (Å²) in [5, 5.41) is 0. The normalized spacial score (nSPS) is 15.7. The maximum atomic E-state index is 12.8.